The van der Waals surface area contributed by atoms with Crippen molar-refractivity contribution in [3.05, 3.63) is 41.2 Å². The molecular weight excluding hydrogens is 330 g/mol. The van der Waals surface area contributed by atoms with Gasteiger partial charge in [0, 0.05) is 43.6 Å². The summed E-state index contributed by atoms with van der Waals surface area (Å²) in [6.07, 6.45) is 6.48. The van der Waals surface area contributed by atoms with Crippen LogP contribution in [0.1, 0.15) is 35.5 Å². The number of hydrogen-bond acceptors (Lipinski definition) is 5. The number of rotatable bonds is 6. The average Bonchev–Trinajstić information content (AvgIpc) is 2.97. The van der Waals surface area contributed by atoms with Crippen LogP contribution in [-0.4, -0.2) is 56.4 Å². The molecule has 26 heavy (non-hydrogen) atoms. The van der Waals surface area contributed by atoms with E-state index in [4.69, 9.17) is 4.74 Å². The standard InChI is InChI=1S/C19H27N5O2/c1-14-10-17(21-13-20-14)5-6-18-12-24(8-9-26-18)19(25)7-4-16-11-22-23(3)15(16)2/h10-11,13,18H,4-9,12H2,1-3H3. The summed E-state index contributed by atoms with van der Waals surface area (Å²) in [4.78, 5) is 22.9. The van der Waals surface area contributed by atoms with Crippen LogP contribution < -0.4 is 0 Å². The predicted molar refractivity (Wildman–Crippen MR) is 97.7 cm³/mol. The summed E-state index contributed by atoms with van der Waals surface area (Å²) in [6, 6.07) is 2.00. The molecule has 0 aromatic carbocycles. The quantitative estimate of drug-likeness (QED) is 0.785. The fraction of sp³-hybridized carbons (Fsp3) is 0.579. The van der Waals surface area contributed by atoms with Crippen molar-refractivity contribution in [2.45, 2.75) is 45.6 Å². The lowest BCUT2D eigenvalue weighted by atomic mass is 10.1. The van der Waals surface area contributed by atoms with Crippen LogP contribution in [0.5, 0.6) is 0 Å². The zero-order valence-electron chi connectivity index (χ0n) is 15.8. The average molecular weight is 357 g/mol. The highest BCUT2D eigenvalue weighted by atomic mass is 16.5. The summed E-state index contributed by atoms with van der Waals surface area (Å²) in [6.45, 7) is 5.94. The normalized spacial score (nSPS) is 17.5. The maximum absolute atomic E-state index is 12.6. The van der Waals surface area contributed by atoms with E-state index in [0.29, 0.717) is 26.1 Å². The molecule has 3 heterocycles. The largest absolute Gasteiger partial charge is 0.375 e. The molecule has 2 aromatic rings. The Kier molecular flexibility index (Phi) is 5.98. The number of nitrogens with zero attached hydrogens (tertiary/aromatic N) is 5. The molecule has 1 saturated heterocycles. The molecule has 0 N–H and O–H groups in total. The highest BCUT2D eigenvalue weighted by molar-refractivity contribution is 5.76. The summed E-state index contributed by atoms with van der Waals surface area (Å²) >= 11 is 0. The van der Waals surface area contributed by atoms with E-state index in [1.165, 1.54) is 0 Å². The number of morpholine rings is 1. The minimum atomic E-state index is 0.0723. The van der Waals surface area contributed by atoms with Crippen LogP contribution in [-0.2, 0) is 29.4 Å². The van der Waals surface area contributed by atoms with Gasteiger partial charge in [0.1, 0.15) is 6.33 Å². The van der Waals surface area contributed by atoms with Crippen molar-refractivity contribution in [2.75, 3.05) is 19.7 Å². The van der Waals surface area contributed by atoms with Gasteiger partial charge in [-0.25, -0.2) is 9.97 Å². The fourth-order valence-electron chi connectivity index (χ4n) is 3.27. The first-order valence-corrected chi connectivity index (χ1v) is 9.17. The lowest BCUT2D eigenvalue weighted by Crippen LogP contribution is -2.45. The Labute approximate surface area is 154 Å². The molecule has 1 fully saturated rings. The third-order valence-corrected chi connectivity index (χ3v) is 5.02. The molecule has 0 bridgehead atoms. The summed E-state index contributed by atoms with van der Waals surface area (Å²) in [5.41, 5.74) is 4.27. The Morgan fingerprint density at radius 1 is 1.31 bits per heavy atom. The molecule has 1 aliphatic heterocycles. The molecule has 7 heteroatoms. The molecule has 1 amide bonds. The third-order valence-electron chi connectivity index (χ3n) is 5.02. The van der Waals surface area contributed by atoms with Gasteiger partial charge in [-0.2, -0.15) is 5.10 Å². The number of amides is 1. The summed E-state index contributed by atoms with van der Waals surface area (Å²) < 4.78 is 7.69. The Bertz CT molecular complexity index is 758. The second-order valence-corrected chi connectivity index (χ2v) is 6.90. The molecule has 0 saturated carbocycles. The maximum atomic E-state index is 12.6. The monoisotopic (exact) mass is 357 g/mol. The Morgan fingerprint density at radius 3 is 2.88 bits per heavy atom. The maximum Gasteiger partial charge on any atom is 0.223 e. The van der Waals surface area contributed by atoms with Crippen molar-refractivity contribution < 1.29 is 9.53 Å². The lowest BCUT2D eigenvalue weighted by Gasteiger charge is -2.33. The first kappa shape index (κ1) is 18.5. The number of aromatic nitrogens is 4. The number of carbonyl (C=O) groups excluding carboxylic acids is 1. The van der Waals surface area contributed by atoms with Gasteiger partial charge in [0.25, 0.3) is 0 Å². The van der Waals surface area contributed by atoms with Crippen LogP contribution in [0.25, 0.3) is 0 Å². The van der Waals surface area contributed by atoms with E-state index in [1.54, 1.807) is 6.33 Å². The van der Waals surface area contributed by atoms with Gasteiger partial charge in [0.2, 0.25) is 5.91 Å². The third kappa shape index (κ3) is 4.66. The van der Waals surface area contributed by atoms with Gasteiger partial charge in [0.05, 0.1) is 18.9 Å². The first-order chi connectivity index (χ1) is 12.5. The first-order valence-electron chi connectivity index (χ1n) is 9.17. The van der Waals surface area contributed by atoms with Gasteiger partial charge in [0.15, 0.2) is 0 Å². The SMILES string of the molecule is Cc1cc(CCC2CN(C(=O)CCc3cnn(C)c3C)CCO2)ncn1. The van der Waals surface area contributed by atoms with Crippen LogP contribution in [0.2, 0.25) is 0 Å². The van der Waals surface area contributed by atoms with E-state index in [1.807, 2.05) is 42.7 Å². The summed E-state index contributed by atoms with van der Waals surface area (Å²) in [5, 5.41) is 4.24. The van der Waals surface area contributed by atoms with Crippen LogP contribution in [0, 0.1) is 13.8 Å². The minimum absolute atomic E-state index is 0.0723. The Balaban J connectivity index is 1.48. The van der Waals surface area contributed by atoms with Gasteiger partial charge in [-0.3, -0.25) is 9.48 Å². The van der Waals surface area contributed by atoms with Crippen molar-refractivity contribution in [1.82, 2.24) is 24.6 Å². The fourth-order valence-corrected chi connectivity index (χ4v) is 3.27. The second kappa shape index (κ2) is 8.40. The van der Waals surface area contributed by atoms with Crippen LogP contribution >= 0.6 is 0 Å². The van der Waals surface area contributed by atoms with Gasteiger partial charge in [-0.1, -0.05) is 0 Å². The molecule has 0 aliphatic carbocycles. The van der Waals surface area contributed by atoms with Gasteiger partial charge < -0.3 is 9.64 Å². The van der Waals surface area contributed by atoms with E-state index in [9.17, 15) is 4.79 Å². The summed E-state index contributed by atoms with van der Waals surface area (Å²) in [5.74, 6) is 0.194. The molecule has 2 aromatic heterocycles. The van der Waals surface area contributed by atoms with Crippen LogP contribution in [0.3, 0.4) is 0 Å². The minimum Gasteiger partial charge on any atom is -0.375 e. The van der Waals surface area contributed by atoms with Crippen LogP contribution in [0.4, 0.5) is 0 Å². The van der Waals surface area contributed by atoms with Gasteiger partial charge >= 0.3 is 0 Å². The number of hydrogen-bond donors (Lipinski definition) is 0. The van der Waals surface area contributed by atoms with Crippen molar-refractivity contribution >= 4 is 5.91 Å². The number of aryl methyl sites for hydroxylation is 4. The smallest absolute Gasteiger partial charge is 0.223 e. The van der Waals surface area contributed by atoms with Crippen molar-refractivity contribution in [3.63, 3.8) is 0 Å². The summed E-state index contributed by atoms with van der Waals surface area (Å²) in [7, 11) is 1.92. The highest BCUT2D eigenvalue weighted by Gasteiger charge is 2.24. The van der Waals surface area contributed by atoms with E-state index in [0.717, 1.165) is 41.9 Å². The molecule has 1 aliphatic rings. The van der Waals surface area contributed by atoms with Crippen molar-refractivity contribution in [2.24, 2.45) is 7.05 Å². The van der Waals surface area contributed by atoms with Crippen LogP contribution in [0.15, 0.2) is 18.6 Å². The van der Waals surface area contributed by atoms with Crippen molar-refractivity contribution in [1.29, 1.82) is 0 Å². The van der Waals surface area contributed by atoms with E-state index in [-0.39, 0.29) is 12.0 Å². The molecule has 7 nitrogen and oxygen atoms in total. The molecule has 1 unspecified atom stereocenters. The number of carbonyl (C=O) groups is 1. The second-order valence-electron chi connectivity index (χ2n) is 6.90. The van der Waals surface area contributed by atoms with Gasteiger partial charge in [-0.15, -0.1) is 0 Å². The molecule has 1 atom stereocenters. The van der Waals surface area contributed by atoms with Crippen molar-refractivity contribution in [3.8, 4) is 0 Å². The predicted octanol–water partition coefficient (Wildman–Crippen LogP) is 1.62. The highest BCUT2D eigenvalue weighted by Crippen LogP contribution is 2.15. The molecule has 0 radical (unpaired) electrons. The molecular formula is C19H27N5O2. The Hall–Kier alpha value is -2.28. The van der Waals surface area contributed by atoms with E-state index in [2.05, 4.69) is 15.1 Å². The Morgan fingerprint density at radius 2 is 2.15 bits per heavy atom. The number of ether oxygens (including phenoxy) is 1. The molecule has 0 spiro atoms. The molecule has 3 rings (SSSR count). The zero-order valence-corrected chi connectivity index (χ0v) is 15.8. The van der Waals surface area contributed by atoms with Gasteiger partial charge in [-0.05, 0) is 44.7 Å². The lowest BCUT2D eigenvalue weighted by molar-refractivity contribution is -0.138. The zero-order chi connectivity index (χ0) is 18.5. The van der Waals surface area contributed by atoms with E-state index >= 15 is 0 Å². The molecule has 140 valence electrons. The topological polar surface area (TPSA) is 73.1 Å². The van der Waals surface area contributed by atoms with E-state index < -0.39 is 0 Å².